The molecule has 0 spiro atoms. The van der Waals surface area contributed by atoms with Crippen molar-refractivity contribution in [3.8, 4) is 0 Å². The van der Waals surface area contributed by atoms with Crippen molar-refractivity contribution in [2.75, 3.05) is 13.1 Å². The molecule has 0 saturated heterocycles. The molecule has 2 aliphatic rings. The van der Waals surface area contributed by atoms with E-state index >= 15 is 0 Å². The van der Waals surface area contributed by atoms with Crippen LogP contribution in [0.3, 0.4) is 0 Å². The third-order valence-corrected chi connectivity index (χ3v) is 8.13. The maximum absolute atomic E-state index is 13.2. The molecule has 12 nitrogen and oxygen atoms in total. The summed E-state index contributed by atoms with van der Waals surface area (Å²) in [7, 11) is 0. The number of carbonyl (C=O) groups excluding carboxylic acids is 5. The number of hydrogen-bond acceptors (Lipinski definition) is 9. The molecule has 6 rings (SSSR count). The van der Waals surface area contributed by atoms with Crippen LogP contribution in [0, 0.1) is 11.6 Å². The van der Waals surface area contributed by atoms with Crippen LogP contribution in [-0.2, 0) is 75.8 Å². The summed E-state index contributed by atoms with van der Waals surface area (Å²) in [4.78, 5) is 46.7. The minimum Gasteiger partial charge on any atom is -0.444 e. The highest BCUT2D eigenvalue weighted by Crippen LogP contribution is 2.25. The molecule has 4 heterocycles. The Kier molecular flexibility index (Phi) is 17.2. The molecule has 280 valence electrons. The monoisotopic (exact) mass is 742 g/mol. The van der Waals surface area contributed by atoms with Crippen molar-refractivity contribution >= 4 is 30.8 Å². The van der Waals surface area contributed by atoms with Gasteiger partial charge in [-0.1, -0.05) is 38.1 Å². The number of nitrogens with zero attached hydrogens (tertiary/aromatic N) is 5. The highest BCUT2D eigenvalue weighted by atomic mass is 35.5. The van der Waals surface area contributed by atoms with Gasteiger partial charge in [-0.3, -0.25) is 9.36 Å². The predicted octanol–water partition coefficient (Wildman–Crippen LogP) is 5.46. The number of ether oxygens (including phenoxy) is 1. The van der Waals surface area contributed by atoms with Crippen LogP contribution in [0.4, 0.5) is 13.6 Å². The summed E-state index contributed by atoms with van der Waals surface area (Å²) in [5.41, 5.74) is 8.80. The second-order valence-electron chi connectivity index (χ2n) is 12.8. The average Bonchev–Trinajstić information content (AvgIpc) is 3.64. The minimum atomic E-state index is -0.514. The average molecular weight is 743 g/mol. The van der Waals surface area contributed by atoms with Gasteiger partial charge in [-0.25, -0.2) is 13.6 Å². The summed E-state index contributed by atoms with van der Waals surface area (Å²) in [5.74, 6) is -0.441. The van der Waals surface area contributed by atoms with E-state index in [1.165, 1.54) is 46.8 Å². The van der Waals surface area contributed by atoms with E-state index in [1.54, 1.807) is 17.0 Å². The third kappa shape index (κ3) is 12.3. The van der Waals surface area contributed by atoms with Crippen molar-refractivity contribution in [1.82, 2.24) is 29.8 Å². The number of nitrogens with one attached hydrogen (secondary N) is 1. The first-order chi connectivity index (χ1) is 24.4. The number of amides is 1. The first kappa shape index (κ1) is 43.2. The topological polar surface area (TPSA) is 145 Å². The number of hydrogen-bond donors (Lipinski definition) is 1. The Morgan fingerprint density at radius 2 is 1.23 bits per heavy atom. The first-order valence-electron chi connectivity index (χ1n) is 16.7. The predicted molar refractivity (Wildman–Crippen MR) is 187 cm³/mol. The Hall–Kier alpha value is -5.00. The van der Waals surface area contributed by atoms with Gasteiger partial charge in [0.1, 0.15) is 17.2 Å². The van der Waals surface area contributed by atoms with Crippen molar-refractivity contribution in [3.63, 3.8) is 0 Å². The minimum absolute atomic E-state index is 0. The van der Waals surface area contributed by atoms with E-state index in [-0.39, 0.29) is 42.4 Å². The molecular weight excluding hydrogens is 698 g/mol. The summed E-state index contributed by atoms with van der Waals surface area (Å²) in [5, 5.41) is 12.8. The van der Waals surface area contributed by atoms with Crippen molar-refractivity contribution in [2.24, 2.45) is 0 Å². The van der Waals surface area contributed by atoms with Gasteiger partial charge in [-0.15, -0.1) is 12.4 Å². The number of halogens is 3. The van der Waals surface area contributed by atoms with Crippen molar-refractivity contribution < 1.29 is 37.5 Å². The fourth-order valence-electron chi connectivity index (χ4n) is 5.89. The number of aryl methyl sites for hydroxylation is 2. The number of benzene rings is 2. The number of carbonyl (C=O) groups is 1. The standard InChI is InChI=1S/C20H26FN3O2.C15H18FN3.2CO2.ClH/c1-5-17-16-10-11-23(19(25)26-20(2,3)4)13-18(16)24(22-17)12-14-6-8-15(21)9-7-14;1-2-14-13-7-8-17-9-15(13)19(18-14)10-11-3-5-12(16)6-4-11;2*2-1-3;/h6-9H,5,10-13H2,1-4H3;3-6,17H,2,7-10H2,1H3;;;1H. The molecular formula is C37H45ClF2N6O6. The van der Waals surface area contributed by atoms with Crippen molar-refractivity contribution in [2.45, 2.75) is 92.1 Å². The lowest BCUT2D eigenvalue weighted by molar-refractivity contribution is -0.193. The van der Waals surface area contributed by atoms with E-state index < -0.39 is 5.60 Å². The fraction of sp³-hybridized carbons (Fsp3) is 0.432. The Morgan fingerprint density at radius 1 is 0.788 bits per heavy atom. The Labute approximate surface area is 307 Å². The van der Waals surface area contributed by atoms with E-state index in [4.69, 9.17) is 34.1 Å². The number of fused-ring (bicyclic) bond motifs is 2. The zero-order valence-corrected chi connectivity index (χ0v) is 30.9. The van der Waals surface area contributed by atoms with Gasteiger partial charge in [0.2, 0.25) is 0 Å². The van der Waals surface area contributed by atoms with Crippen LogP contribution in [0.15, 0.2) is 48.5 Å². The lowest BCUT2D eigenvalue weighted by atomic mass is 10.0. The van der Waals surface area contributed by atoms with E-state index in [0.29, 0.717) is 26.2 Å². The largest absolute Gasteiger partial charge is 0.444 e. The summed E-state index contributed by atoms with van der Waals surface area (Å²) < 4.78 is 35.6. The molecule has 2 aromatic carbocycles. The van der Waals surface area contributed by atoms with Gasteiger partial charge in [0.25, 0.3) is 0 Å². The molecule has 2 aromatic heterocycles. The van der Waals surface area contributed by atoms with Gasteiger partial charge in [-0.2, -0.15) is 29.4 Å². The molecule has 0 fully saturated rings. The van der Waals surface area contributed by atoms with Crippen molar-refractivity contribution in [3.05, 3.63) is 105 Å². The van der Waals surface area contributed by atoms with Crippen LogP contribution in [0.1, 0.15) is 79.6 Å². The smallest absolute Gasteiger partial charge is 0.410 e. The SMILES string of the molecule is CCc1nn(Cc2ccc(F)cc2)c2c1CCN(C(=O)OC(C)(C)C)C2.CCc1nn(Cc2ccc(F)cc2)c2c1CCNC2.Cl.O=C=O.O=C=O. The Morgan fingerprint density at radius 3 is 1.67 bits per heavy atom. The molecule has 2 aliphatic heterocycles. The second kappa shape index (κ2) is 20.8. The highest BCUT2D eigenvalue weighted by molar-refractivity contribution is 5.85. The molecule has 0 unspecified atom stereocenters. The molecule has 0 atom stereocenters. The Balaban J connectivity index is 0.000000317. The van der Waals surface area contributed by atoms with Crippen LogP contribution < -0.4 is 5.32 Å². The fourth-order valence-corrected chi connectivity index (χ4v) is 5.89. The lowest BCUT2D eigenvalue weighted by Crippen LogP contribution is -2.40. The van der Waals surface area contributed by atoms with Crippen LogP contribution in [0.2, 0.25) is 0 Å². The zero-order valence-electron chi connectivity index (χ0n) is 30.0. The number of aromatic nitrogens is 4. The molecule has 0 bridgehead atoms. The summed E-state index contributed by atoms with van der Waals surface area (Å²) >= 11 is 0. The van der Waals surface area contributed by atoms with Gasteiger partial charge >= 0.3 is 18.4 Å². The van der Waals surface area contributed by atoms with Crippen molar-refractivity contribution in [1.29, 1.82) is 0 Å². The zero-order chi connectivity index (χ0) is 37.6. The molecule has 15 heteroatoms. The maximum atomic E-state index is 13.2. The molecule has 4 aromatic rings. The lowest BCUT2D eigenvalue weighted by Gasteiger charge is -2.30. The van der Waals surface area contributed by atoms with Crippen LogP contribution in [0.5, 0.6) is 0 Å². The molecule has 0 radical (unpaired) electrons. The maximum Gasteiger partial charge on any atom is 0.410 e. The van der Waals surface area contributed by atoms with Gasteiger partial charge in [0.15, 0.2) is 0 Å². The van der Waals surface area contributed by atoms with E-state index in [1.807, 2.05) is 37.6 Å². The summed E-state index contributed by atoms with van der Waals surface area (Å²) in [6, 6.07) is 13.1. The van der Waals surface area contributed by atoms with Gasteiger partial charge in [-0.05, 0) is 94.0 Å². The van der Waals surface area contributed by atoms with Crippen LogP contribution >= 0.6 is 12.4 Å². The van der Waals surface area contributed by atoms with Crippen LogP contribution in [0.25, 0.3) is 0 Å². The van der Waals surface area contributed by atoms with E-state index in [0.717, 1.165) is 61.3 Å². The molecule has 1 amide bonds. The quantitative estimate of drug-likeness (QED) is 0.272. The van der Waals surface area contributed by atoms with Gasteiger partial charge in [0.05, 0.1) is 42.4 Å². The molecule has 0 aliphatic carbocycles. The van der Waals surface area contributed by atoms with E-state index in [9.17, 15) is 13.6 Å². The first-order valence-corrected chi connectivity index (χ1v) is 16.7. The Bertz CT molecular complexity index is 1800. The van der Waals surface area contributed by atoms with Crippen LogP contribution in [-0.4, -0.2) is 61.5 Å². The highest BCUT2D eigenvalue weighted by Gasteiger charge is 2.30. The van der Waals surface area contributed by atoms with Gasteiger partial charge < -0.3 is 15.0 Å². The molecule has 1 N–H and O–H groups in total. The third-order valence-electron chi connectivity index (χ3n) is 8.13. The summed E-state index contributed by atoms with van der Waals surface area (Å²) in [6.45, 7) is 14.1. The number of rotatable bonds is 6. The molecule has 0 saturated carbocycles. The second-order valence-corrected chi connectivity index (χ2v) is 12.8. The molecule has 52 heavy (non-hydrogen) atoms. The summed E-state index contributed by atoms with van der Waals surface area (Å²) in [6.07, 6.45) is 3.86. The van der Waals surface area contributed by atoms with Gasteiger partial charge in [0, 0.05) is 18.7 Å². The van der Waals surface area contributed by atoms with E-state index in [2.05, 4.69) is 23.8 Å². The normalized spacial score (nSPS) is 12.7.